The lowest BCUT2D eigenvalue weighted by molar-refractivity contribution is 0.219. The summed E-state index contributed by atoms with van der Waals surface area (Å²) < 4.78 is 5.47. The third kappa shape index (κ3) is 1.83. The minimum atomic E-state index is -0.622. The van der Waals surface area contributed by atoms with E-state index in [2.05, 4.69) is 30.3 Å². The van der Waals surface area contributed by atoms with E-state index in [1.54, 1.807) is 6.26 Å². The van der Waals surface area contributed by atoms with Crippen molar-refractivity contribution in [2.24, 2.45) is 0 Å². The molecule has 3 aromatic rings. The van der Waals surface area contributed by atoms with Gasteiger partial charge in [-0.15, -0.1) is 0 Å². The second-order valence-electron chi connectivity index (χ2n) is 5.71. The monoisotopic (exact) mass is 278 g/mol. The van der Waals surface area contributed by atoms with Crippen molar-refractivity contribution < 1.29 is 9.52 Å². The summed E-state index contributed by atoms with van der Waals surface area (Å²) in [5, 5.41) is 13.4. The first kappa shape index (κ1) is 12.7. The van der Waals surface area contributed by atoms with Crippen LogP contribution in [-0.4, -0.2) is 5.11 Å². The Morgan fingerprint density at radius 1 is 1.05 bits per heavy atom. The van der Waals surface area contributed by atoms with Crippen LogP contribution >= 0.6 is 0 Å². The summed E-state index contributed by atoms with van der Waals surface area (Å²) in [5.74, 6) is 0.866. The molecule has 1 aliphatic rings. The zero-order chi connectivity index (χ0) is 14.4. The lowest BCUT2D eigenvalue weighted by atomic mass is 9.93. The van der Waals surface area contributed by atoms with Crippen molar-refractivity contribution in [2.45, 2.75) is 32.3 Å². The van der Waals surface area contributed by atoms with Crippen molar-refractivity contribution in [3.63, 3.8) is 0 Å². The Morgan fingerprint density at radius 3 is 2.67 bits per heavy atom. The highest BCUT2D eigenvalue weighted by Gasteiger charge is 2.22. The van der Waals surface area contributed by atoms with Crippen LogP contribution in [0.2, 0.25) is 0 Å². The minimum absolute atomic E-state index is 0.622. The standard InChI is InChI=1S/C19H18O2/c1-2-17-16(10-11-21-17)19(20)15-9-8-13-7-6-12-4-3-5-14(15)18(12)13/h3-5,8-11,19-20H,2,6-7H2,1H3. The van der Waals surface area contributed by atoms with Gasteiger partial charge >= 0.3 is 0 Å². The summed E-state index contributed by atoms with van der Waals surface area (Å²) in [6.45, 7) is 2.04. The molecule has 0 fully saturated rings. The lowest BCUT2D eigenvalue weighted by Gasteiger charge is -2.15. The number of aliphatic hydroxyl groups is 1. The first-order chi connectivity index (χ1) is 10.3. The lowest BCUT2D eigenvalue weighted by Crippen LogP contribution is -2.02. The van der Waals surface area contributed by atoms with Crippen molar-refractivity contribution in [3.05, 3.63) is 70.7 Å². The number of aliphatic hydroxyl groups excluding tert-OH is 1. The Bertz CT molecular complexity index is 803. The SMILES string of the molecule is CCc1occc1C(O)c1ccc2c3c(cccc13)CC2. The largest absolute Gasteiger partial charge is 0.469 e. The molecule has 2 aromatic carbocycles. The quantitative estimate of drug-likeness (QED) is 0.780. The normalized spacial score (nSPS) is 14.8. The Balaban J connectivity index is 1.92. The molecule has 1 atom stereocenters. The van der Waals surface area contributed by atoms with Gasteiger partial charge in [-0.25, -0.2) is 0 Å². The Hall–Kier alpha value is -2.06. The minimum Gasteiger partial charge on any atom is -0.469 e. The molecule has 106 valence electrons. The van der Waals surface area contributed by atoms with Gasteiger partial charge in [-0.2, -0.15) is 0 Å². The van der Waals surface area contributed by atoms with Gasteiger partial charge in [0.2, 0.25) is 0 Å². The predicted molar refractivity (Wildman–Crippen MR) is 83.5 cm³/mol. The highest BCUT2D eigenvalue weighted by atomic mass is 16.3. The van der Waals surface area contributed by atoms with Crippen molar-refractivity contribution in [1.82, 2.24) is 0 Å². The van der Waals surface area contributed by atoms with Crippen LogP contribution in [0.3, 0.4) is 0 Å². The number of furan rings is 1. The van der Waals surface area contributed by atoms with Crippen molar-refractivity contribution in [3.8, 4) is 0 Å². The van der Waals surface area contributed by atoms with Crippen LogP contribution in [0, 0.1) is 0 Å². The van der Waals surface area contributed by atoms with Crippen LogP contribution < -0.4 is 0 Å². The fourth-order valence-electron chi connectivity index (χ4n) is 3.56. The van der Waals surface area contributed by atoms with E-state index in [-0.39, 0.29) is 0 Å². The fraction of sp³-hybridized carbons (Fsp3) is 0.263. The Labute approximate surface area is 124 Å². The number of aryl methyl sites for hydroxylation is 3. The van der Waals surface area contributed by atoms with Gasteiger partial charge in [0.15, 0.2) is 0 Å². The fourth-order valence-corrected chi connectivity index (χ4v) is 3.56. The molecule has 0 radical (unpaired) electrons. The molecule has 1 heterocycles. The van der Waals surface area contributed by atoms with E-state index >= 15 is 0 Å². The zero-order valence-electron chi connectivity index (χ0n) is 12.1. The molecule has 0 saturated carbocycles. The molecule has 0 bridgehead atoms. The third-order valence-corrected chi connectivity index (χ3v) is 4.60. The molecule has 4 rings (SSSR count). The number of hydrogen-bond acceptors (Lipinski definition) is 2. The maximum absolute atomic E-state index is 10.8. The summed E-state index contributed by atoms with van der Waals surface area (Å²) in [4.78, 5) is 0. The summed E-state index contributed by atoms with van der Waals surface area (Å²) in [5.41, 5.74) is 4.67. The molecule has 1 aromatic heterocycles. The molecule has 0 amide bonds. The van der Waals surface area contributed by atoms with Crippen LogP contribution in [0.5, 0.6) is 0 Å². The molecule has 0 aliphatic heterocycles. The average Bonchev–Trinajstić information content (AvgIpc) is 3.15. The van der Waals surface area contributed by atoms with E-state index in [0.717, 1.165) is 36.1 Å². The van der Waals surface area contributed by atoms with E-state index in [9.17, 15) is 5.11 Å². The zero-order valence-corrected chi connectivity index (χ0v) is 12.1. The highest BCUT2D eigenvalue weighted by molar-refractivity contribution is 5.93. The van der Waals surface area contributed by atoms with Crippen LogP contribution in [0.1, 0.15) is 41.0 Å². The van der Waals surface area contributed by atoms with Crippen LogP contribution in [0.25, 0.3) is 10.8 Å². The van der Waals surface area contributed by atoms with Gasteiger partial charge in [-0.05, 0) is 46.4 Å². The molecular weight excluding hydrogens is 260 g/mol. The van der Waals surface area contributed by atoms with Gasteiger partial charge in [-0.3, -0.25) is 0 Å². The van der Waals surface area contributed by atoms with Gasteiger partial charge in [-0.1, -0.05) is 37.3 Å². The molecule has 1 N–H and O–H groups in total. The van der Waals surface area contributed by atoms with Crippen LogP contribution in [0.4, 0.5) is 0 Å². The molecule has 0 spiro atoms. The van der Waals surface area contributed by atoms with E-state index in [1.807, 2.05) is 13.0 Å². The van der Waals surface area contributed by atoms with Gasteiger partial charge in [0.05, 0.1) is 6.26 Å². The second-order valence-corrected chi connectivity index (χ2v) is 5.71. The molecule has 2 heteroatoms. The average molecular weight is 278 g/mol. The van der Waals surface area contributed by atoms with Gasteiger partial charge in [0.25, 0.3) is 0 Å². The Morgan fingerprint density at radius 2 is 1.86 bits per heavy atom. The summed E-state index contributed by atoms with van der Waals surface area (Å²) in [6, 6.07) is 12.5. The maximum Gasteiger partial charge on any atom is 0.109 e. The first-order valence-corrected chi connectivity index (χ1v) is 7.57. The van der Waals surface area contributed by atoms with Gasteiger partial charge in [0, 0.05) is 12.0 Å². The summed E-state index contributed by atoms with van der Waals surface area (Å²) in [7, 11) is 0. The molecule has 2 nitrogen and oxygen atoms in total. The number of rotatable bonds is 3. The van der Waals surface area contributed by atoms with Crippen LogP contribution in [-0.2, 0) is 19.3 Å². The van der Waals surface area contributed by atoms with E-state index in [4.69, 9.17) is 4.42 Å². The van der Waals surface area contributed by atoms with Gasteiger partial charge < -0.3 is 9.52 Å². The molecule has 1 aliphatic carbocycles. The molecule has 0 saturated heterocycles. The van der Waals surface area contributed by atoms with E-state index in [0.29, 0.717) is 0 Å². The summed E-state index contributed by atoms with van der Waals surface area (Å²) >= 11 is 0. The topological polar surface area (TPSA) is 33.4 Å². The molecule has 21 heavy (non-hydrogen) atoms. The van der Waals surface area contributed by atoms with Crippen molar-refractivity contribution in [1.29, 1.82) is 0 Å². The van der Waals surface area contributed by atoms with Gasteiger partial charge in [0.1, 0.15) is 11.9 Å². The van der Waals surface area contributed by atoms with Crippen molar-refractivity contribution in [2.75, 3.05) is 0 Å². The number of hydrogen-bond donors (Lipinski definition) is 1. The first-order valence-electron chi connectivity index (χ1n) is 7.57. The summed E-state index contributed by atoms with van der Waals surface area (Å²) in [6.07, 6.45) is 4.05. The predicted octanol–water partition coefficient (Wildman–Crippen LogP) is 4.18. The molecule has 1 unspecified atom stereocenters. The third-order valence-electron chi connectivity index (χ3n) is 4.60. The smallest absolute Gasteiger partial charge is 0.109 e. The van der Waals surface area contributed by atoms with E-state index < -0.39 is 6.10 Å². The van der Waals surface area contributed by atoms with E-state index in [1.165, 1.54) is 21.9 Å². The Kier molecular flexibility index (Phi) is 2.86. The highest BCUT2D eigenvalue weighted by Crippen LogP contribution is 2.37. The second kappa shape index (κ2) is 4.74. The maximum atomic E-state index is 10.8. The molecular formula is C19H18O2. The van der Waals surface area contributed by atoms with Crippen molar-refractivity contribution >= 4 is 10.8 Å². The van der Waals surface area contributed by atoms with Crippen LogP contribution in [0.15, 0.2) is 47.1 Å². The number of benzene rings is 2.